The summed E-state index contributed by atoms with van der Waals surface area (Å²) in [7, 11) is 0. The minimum Gasteiger partial charge on any atom is -0.314 e. The van der Waals surface area contributed by atoms with Crippen LogP contribution in [0.3, 0.4) is 0 Å². The molecule has 0 spiro atoms. The molecule has 0 aromatic heterocycles. The van der Waals surface area contributed by atoms with Gasteiger partial charge in [-0.2, -0.15) is 0 Å². The van der Waals surface area contributed by atoms with Gasteiger partial charge in [-0.1, -0.05) is 13.8 Å². The molecule has 0 amide bonds. The predicted molar refractivity (Wildman–Crippen MR) is 65.0 cm³/mol. The molecule has 15 heavy (non-hydrogen) atoms. The highest BCUT2D eigenvalue weighted by Crippen LogP contribution is 2.26. The molecule has 0 aromatic rings. The van der Waals surface area contributed by atoms with Gasteiger partial charge in [-0.05, 0) is 51.1 Å². The summed E-state index contributed by atoms with van der Waals surface area (Å²) in [5, 5.41) is 3.54. The lowest BCUT2D eigenvalue weighted by Crippen LogP contribution is -2.50. The molecular weight excluding hydrogens is 184 g/mol. The lowest BCUT2D eigenvalue weighted by Gasteiger charge is -2.43. The number of likely N-dealkylation sites (tertiary alicyclic amines) is 1. The van der Waals surface area contributed by atoms with E-state index in [1.807, 2.05) is 0 Å². The highest BCUT2D eigenvalue weighted by Gasteiger charge is 2.29. The van der Waals surface area contributed by atoms with Crippen LogP contribution in [0, 0.1) is 11.8 Å². The molecule has 4 unspecified atom stereocenters. The Balaban J connectivity index is 1.87. The quantitative estimate of drug-likeness (QED) is 0.713. The molecule has 2 aliphatic rings. The molecule has 0 bridgehead atoms. The fraction of sp³-hybridized carbons (Fsp3) is 1.00. The van der Waals surface area contributed by atoms with Crippen LogP contribution >= 0.6 is 0 Å². The van der Waals surface area contributed by atoms with Gasteiger partial charge in [-0.25, -0.2) is 0 Å². The van der Waals surface area contributed by atoms with E-state index in [0.717, 1.165) is 23.9 Å². The third-order valence-electron chi connectivity index (χ3n) is 4.48. The third-order valence-corrected chi connectivity index (χ3v) is 4.48. The molecule has 0 saturated carbocycles. The van der Waals surface area contributed by atoms with Crippen molar-refractivity contribution in [3.63, 3.8) is 0 Å². The second kappa shape index (κ2) is 4.84. The van der Waals surface area contributed by atoms with Crippen LogP contribution in [0.15, 0.2) is 0 Å². The summed E-state index contributed by atoms with van der Waals surface area (Å²) >= 11 is 0. The zero-order valence-electron chi connectivity index (χ0n) is 10.5. The molecule has 1 N–H and O–H groups in total. The zero-order chi connectivity index (χ0) is 10.8. The van der Waals surface area contributed by atoms with E-state index >= 15 is 0 Å². The van der Waals surface area contributed by atoms with Crippen molar-refractivity contribution in [1.82, 2.24) is 10.2 Å². The van der Waals surface area contributed by atoms with Gasteiger partial charge in [-0.15, -0.1) is 0 Å². The van der Waals surface area contributed by atoms with Gasteiger partial charge in [0.2, 0.25) is 0 Å². The zero-order valence-corrected chi connectivity index (χ0v) is 10.5. The van der Waals surface area contributed by atoms with Gasteiger partial charge in [0.05, 0.1) is 0 Å². The van der Waals surface area contributed by atoms with Crippen molar-refractivity contribution >= 4 is 0 Å². The van der Waals surface area contributed by atoms with Crippen molar-refractivity contribution in [2.24, 2.45) is 11.8 Å². The summed E-state index contributed by atoms with van der Waals surface area (Å²) in [6, 6.07) is 1.58. The van der Waals surface area contributed by atoms with E-state index in [-0.39, 0.29) is 0 Å². The molecule has 0 aromatic carbocycles. The molecule has 2 fully saturated rings. The Kier molecular flexibility index (Phi) is 3.68. The summed E-state index contributed by atoms with van der Waals surface area (Å²) in [6.45, 7) is 11.0. The topological polar surface area (TPSA) is 15.3 Å². The number of nitrogens with zero attached hydrogens (tertiary/aromatic N) is 1. The number of piperidine rings is 2. The van der Waals surface area contributed by atoms with Crippen molar-refractivity contribution in [3.05, 3.63) is 0 Å². The molecule has 2 heteroatoms. The molecule has 4 atom stereocenters. The first-order chi connectivity index (χ1) is 7.16. The molecule has 2 heterocycles. The van der Waals surface area contributed by atoms with E-state index in [1.54, 1.807) is 0 Å². The average Bonchev–Trinajstić information content (AvgIpc) is 2.22. The van der Waals surface area contributed by atoms with Crippen molar-refractivity contribution < 1.29 is 0 Å². The highest BCUT2D eigenvalue weighted by atomic mass is 15.2. The van der Waals surface area contributed by atoms with Crippen LogP contribution in [0.5, 0.6) is 0 Å². The number of hydrogen-bond acceptors (Lipinski definition) is 2. The van der Waals surface area contributed by atoms with E-state index in [2.05, 4.69) is 31.0 Å². The molecule has 88 valence electrons. The molecule has 2 nitrogen and oxygen atoms in total. The van der Waals surface area contributed by atoms with Gasteiger partial charge in [0.15, 0.2) is 0 Å². The number of rotatable bonds is 1. The summed E-state index contributed by atoms with van der Waals surface area (Å²) in [4.78, 5) is 2.75. The summed E-state index contributed by atoms with van der Waals surface area (Å²) < 4.78 is 0. The van der Waals surface area contributed by atoms with Gasteiger partial charge in [0.1, 0.15) is 0 Å². The maximum absolute atomic E-state index is 3.54. The van der Waals surface area contributed by atoms with Crippen molar-refractivity contribution in [2.75, 3.05) is 19.6 Å². The van der Waals surface area contributed by atoms with E-state index < -0.39 is 0 Å². The lowest BCUT2D eigenvalue weighted by atomic mass is 9.86. The fourth-order valence-corrected chi connectivity index (χ4v) is 3.06. The summed E-state index contributed by atoms with van der Waals surface area (Å²) in [5.74, 6) is 1.82. The Morgan fingerprint density at radius 3 is 2.53 bits per heavy atom. The maximum Gasteiger partial charge on any atom is 0.0122 e. The van der Waals surface area contributed by atoms with Crippen LogP contribution < -0.4 is 5.32 Å². The first-order valence-electron chi connectivity index (χ1n) is 6.64. The van der Waals surface area contributed by atoms with Gasteiger partial charge in [0, 0.05) is 18.6 Å². The van der Waals surface area contributed by atoms with E-state index in [4.69, 9.17) is 0 Å². The van der Waals surface area contributed by atoms with Crippen LogP contribution in [0.25, 0.3) is 0 Å². The Morgan fingerprint density at radius 2 is 1.87 bits per heavy atom. The van der Waals surface area contributed by atoms with Crippen molar-refractivity contribution in [2.45, 2.75) is 52.1 Å². The third kappa shape index (κ3) is 2.73. The molecule has 0 aliphatic carbocycles. The van der Waals surface area contributed by atoms with Crippen LogP contribution in [0.1, 0.15) is 40.0 Å². The second-order valence-electron chi connectivity index (χ2n) is 5.77. The summed E-state index contributed by atoms with van der Waals surface area (Å²) in [6.07, 6.45) is 4.10. The monoisotopic (exact) mass is 210 g/mol. The Morgan fingerprint density at radius 1 is 1.07 bits per heavy atom. The maximum atomic E-state index is 3.54. The van der Waals surface area contributed by atoms with Crippen molar-refractivity contribution in [3.8, 4) is 0 Å². The number of nitrogens with one attached hydrogen (secondary N) is 1. The average molecular weight is 210 g/mol. The van der Waals surface area contributed by atoms with Crippen LogP contribution in [0.2, 0.25) is 0 Å². The largest absolute Gasteiger partial charge is 0.314 e. The molecule has 2 saturated heterocycles. The van der Waals surface area contributed by atoms with Crippen LogP contribution in [0.4, 0.5) is 0 Å². The van der Waals surface area contributed by atoms with Crippen LogP contribution in [-0.2, 0) is 0 Å². The first kappa shape index (κ1) is 11.4. The molecule has 2 rings (SSSR count). The van der Waals surface area contributed by atoms with Gasteiger partial charge in [0.25, 0.3) is 0 Å². The Labute approximate surface area is 94.4 Å². The minimum absolute atomic E-state index is 0.721. The van der Waals surface area contributed by atoms with Gasteiger partial charge < -0.3 is 5.32 Å². The predicted octanol–water partition coefficient (Wildman–Crippen LogP) is 2.10. The van der Waals surface area contributed by atoms with Crippen LogP contribution in [-0.4, -0.2) is 36.6 Å². The second-order valence-corrected chi connectivity index (χ2v) is 5.77. The SMILES string of the molecule is CC1CC(N2CCC(C)C(C)C2)CCN1. The lowest BCUT2D eigenvalue weighted by molar-refractivity contribution is 0.0727. The highest BCUT2D eigenvalue weighted by molar-refractivity contribution is 4.86. The minimum atomic E-state index is 0.721. The first-order valence-corrected chi connectivity index (χ1v) is 6.64. The number of hydrogen-bond donors (Lipinski definition) is 1. The molecule has 2 aliphatic heterocycles. The molecule has 0 radical (unpaired) electrons. The normalized spacial score (nSPS) is 44.2. The van der Waals surface area contributed by atoms with Crippen molar-refractivity contribution in [1.29, 1.82) is 0 Å². The van der Waals surface area contributed by atoms with E-state index in [9.17, 15) is 0 Å². The molecular formula is C13H26N2. The smallest absolute Gasteiger partial charge is 0.0122 e. The van der Waals surface area contributed by atoms with E-state index in [1.165, 1.54) is 38.9 Å². The van der Waals surface area contributed by atoms with E-state index in [0.29, 0.717) is 0 Å². The summed E-state index contributed by atoms with van der Waals surface area (Å²) in [5.41, 5.74) is 0. The van der Waals surface area contributed by atoms with Gasteiger partial charge in [-0.3, -0.25) is 4.90 Å². The Hall–Kier alpha value is -0.0800. The Bertz CT molecular complexity index is 205. The van der Waals surface area contributed by atoms with Gasteiger partial charge >= 0.3 is 0 Å². The fourth-order valence-electron chi connectivity index (χ4n) is 3.06. The standard InChI is InChI=1S/C13H26N2/c1-10-5-7-15(9-11(10)2)13-4-6-14-12(3)8-13/h10-14H,4-9H2,1-3H3.